The van der Waals surface area contributed by atoms with Crippen LogP contribution in [-0.2, 0) is 19.2 Å². The van der Waals surface area contributed by atoms with E-state index in [4.69, 9.17) is 4.74 Å². The third-order valence-corrected chi connectivity index (χ3v) is 6.90. The Morgan fingerprint density at radius 3 is 2.37 bits per heavy atom. The molecule has 0 aromatic heterocycles. The molecule has 1 aliphatic rings. The van der Waals surface area contributed by atoms with Crippen molar-refractivity contribution in [3.05, 3.63) is 29.8 Å². The summed E-state index contributed by atoms with van der Waals surface area (Å²) in [5.41, 5.74) is -1.23. The number of nitrogens with zero attached hydrogens (tertiary/aromatic N) is 1. The molecule has 1 heterocycles. The zero-order valence-electron chi connectivity index (χ0n) is 25.3. The van der Waals surface area contributed by atoms with Crippen LogP contribution in [0.25, 0.3) is 0 Å². The molecule has 1 aromatic rings. The fourth-order valence-electron chi connectivity index (χ4n) is 4.31. The van der Waals surface area contributed by atoms with Crippen LogP contribution in [0.15, 0.2) is 24.3 Å². The normalized spacial score (nSPS) is 22.4. The van der Waals surface area contributed by atoms with Gasteiger partial charge in [-0.2, -0.15) is 0 Å². The van der Waals surface area contributed by atoms with E-state index in [1.165, 1.54) is 13.8 Å². The molecule has 2 rings (SSSR count). The van der Waals surface area contributed by atoms with Gasteiger partial charge in [-0.1, -0.05) is 39.8 Å². The van der Waals surface area contributed by atoms with Crippen LogP contribution in [-0.4, -0.2) is 90.9 Å². The summed E-state index contributed by atoms with van der Waals surface area (Å²) in [5, 5.41) is 13.7. The van der Waals surface area contributed by atoms with Gasteiger partial charge in [0, 0.05) is 13.1 Å². The second-order valence-corrected chi connectivity index (χ2v) is 11.1. The summed E-state index contributed by atoms with van der Waals surface area (Å²) in [6, 6.07) is 4.00. The van der Waals surface area contributed by atoms with Crippen LogP contribution in [0.1, 0.15) is 65.2 Å². The summed E-state index contributed by atoms with van der Waals surface area (Å²) in [6.45, 7) is 15.0. The van der Waals surface area contributed by atoms with Gasteiger partial charge in [-0.3, -0.25) is 24.0 Å². The molecule has 1 aliphatic heterocycles. The van der Waals surface area contributed by atoms with Crippen LogP contribution in [0, 0.1) is 5.92 Å². The smallest absolute Gasteiger partial charge is 0.255 e. The molecule has 1 aromatic carbocycles. The second kappa shape index (κ2) is 15.4. The highest BCUT2D eigenvalue weighted by Gasteiger charge is 2.36. The number of hydrogen-bond acceptors (Lipinski definition) is 7. The van der Waals surface area contributed by atoms with Crippen molar-refractivity contribution < 1.29 is 28.7 Å². The summed E-state index contributed by atoms with van der Waals surface area (Å²) in [4.78, 5) is 68.0. The maximum absolute atomic E-state index is 13.3. The monoisotopic (exact) mass is 574 g/mol. The quantitative estimate of drug-likeness (QED) is 0.318. The lowest BCUT2D eigenvalue weighted by Crippen LogP contribution is -2.61. The Morgan fingerprint density at radius 1 is 1.07 bits per heavy atom. The molecule has 5 amide bonds. The SMILES string of the molecule is CCN(CC)CCNC(=O)[C@@H]1CC(=O)NC(C)(C)C(=O)N[C@H](C(C)C)C(=O)N[C@@H](C)COc2ccccc2C(=O)N1. The summed E-state index contributed by atoms with van der Waals surface area (Å²) in [7, 11) is 0. The zero-order valence-corrected chi connectivity index (χ0v) is 25.3. The molecule has 12 heteroatoms. The summed E-state index contributed by atoms with van der Waals surface area (Å²) in [5.74, 6) is -2.70. The molecule has 0 aliphatic carbocycles. The predicted molar refractivity (Wildman–Crippen MR) is 155 cm³/mol. The molecule has 228 valence electrons. The lowest BCUT2D eigenvalue weighted by molar-refractivity contribution is -0.136. The van der Waals surface area contributed by atoms with Crippen molar-refractivity contribution in [3.63, 3.8) is 0 Å². The predicted octanol–water partition coefficient (Wildman–Crippen LogP) is 0.566. The largest absolute Gasteiger partial charge is 0.491 e. The van der Waals surface area contributed by atoms with Crippen molar-refractivity contribution in [2.75, 3.05) is 32.8 Å². The highest BCUT2D eigenvalue weighted by molar-refractivity contribution is 6.01. The van der Waals surface area contributed by atoms with Gasteiger partial charge in [-0.25, -0.2) is 0 Å². The molecule has 12 nitrogen and oxygen atoms in total. The van der Waals surface area contributed by atoms with Gasteiger partial charge in [0.25, 0.3) is 5.91 Å². The minimum Gasteiger partial charge on any atom is -0.491 e. The molecule has 0 saturated carbocycles. The highest BCUT2D eigenvalue weighted by atomic mass is 16.5. The number of rotatable bonds is 7. The Bertz CT molecular complexity index is 1090. The molecular formula is C29H46N6O6. The number of amides is 5. The molecule has 0 bridgehead atoms. The first kappa shape index (κ1) is 33.5. The van der Waals surface area contributed by atoms with E-state index in [9.17, 15) is 24.0 Å². The molecule has 41 heavy (non-hydrogen) atoms. The average molecular weight is 575 g/mol. The van der Waals surface area contributed by atoms with Gasteiger partial charge in [0.15, 0.2) is 0 Å². The number of carbonyl (C=O) groups is 5. The van der Waals surface area contributed by atoms with E-state index in [2.05, 4.69) is 31.5 Å². The Kier molecular flexibility index (Phi) is 12.6. The molecule has 0 unspecified atom stereocenters. The first-order chi connectivity index (χ1) is 19.3. The lowest BCUT2D eigenvalue weighted by Gasteiger charge is -2.30. The van der Waals surface area contributed by atoms with E-state index in [1.807, 2.05) is 13.8 Å². The molecule has 0 spiro atoms. The number of likely N-dealkylation sites (N-methyl/N-ethyl adjacent to an activating group) is 1. The van der Waals surface area contributed by atoms with Gasteiger partial charge < -0.3 is 36.2 Å². The van der Waals surface area contributed by atoms with Gasteiger partial charge in [-0.05, 0) is 51.9 Å². The van der Waals surface area contributed by atoms with Gasteiger partial charge in [-0.15, -0.1) is 0 Å². The van der Waals surface area contributed by atoms with Crippen molar-refractivity contribution in [2.24, 2.45) is 5.92 Å². The Balaban J connectivity index is 2.39. The molecule has 0 radical (unpaired) electrons. The fourth-order valence-corrected chi connectivity index (χ4v) is 4.31. The van der Waals surface area contributed by atoms with Crippen LogP contribution >= 0.6 is 0 Å². The number of carbonyl (C=O) groups excluding carboxylic acids is 5. The third-order valence-electron chi connectivity index (χ3n) is 6.90. The van der Waals surface area contributed by atoms with Crippen molar-refractivity contribution in [1.82, 2.24) is 31.5 Å². The van der Waals surface area contributed by atoms with Crippen molar-refractivity contribution in [3.8, 4) is 5.75 Å². The average Bonchev–Trinajstić information content (AvgIpc) is 2.91. The molecule has 3 atom stereocenters. The van der Waals surface area contributed by atoms with Crippen molar-refractivity contribution >= 4 is 29.5 Å². The van der Waals surface area contributed by atoms with Crippen LogP contribution in [0.2, 0.25) is 0 Å². The summed E-state index contributed by atoms with van der Waals surface area (Å²) >= 11 is 0. The van der Waals surface area contributed by atoms with Crippen molar-refractivity contribution in [2.45, 2.75) is 78.6 Å². The van der Waals surface area contributed by atoms with E-state index in [1.54, 1.807) is 45.0 Å². The van der Waals surface area contributed by atoms with E-state index < -0.39 is 59.6 Å². The first-order valence-electron chi connectivity index (χ1n) is 14.2. The van der Waals surface area contributed by atoms with E-state index >= 15 is 0 Å². The van der Waals surface area contributed by atoms with E-state index in [0.29, 0.717) is 13.1 Å². The Morgan fingerprint density at radius 2 is 1.73 bits per heavy atom. The van der Waals surface area contributed by atoms with Crippen LogP contribution in [0.5, 0.6) is 5.75 Å². The zero-order chi connectivity index (χ0) is 30.7. The van der Waals surface area contributed by atoms with Crippen LogP contribution in [0.3, 0.4) is 0 Å². The van der Waals surface area contributed by atoms with E-state index in [-0.39, 0.29) is 23.8 Å². The number of fused-ring (bicyclic) bond motifs is 1. The fraction of sp³-hybridized carbons (Fsp3) is 0.621. The Hall–Kier alpha value is -3.67. The maximum atomic E-state index is 13.3. The standard InChI is InChI=1S/C29H46N6O6/c1-8-35(9-2)15-14-30-26(38)21-16-23(36)34-29(6,7)28(40)33-24(18(3)4)27(39)31-19(5)17-41-22-13-11-10-12-20(22)25(37)32-21/h10-13,18-19,21,24H,8-9,14-17H2,1-7H3,(H,30,38)(H,31,39)(H,32,37)(H,33,40)(H,34,36)/t19-,21-,24+/m0/s1. The number of hydrogen-bond donors (Lipinski definition) is 5. The van der Waals surface area contributed by atoms with Crippen molar-refractivity contribution in [1.29, 1.82) is 0 Å². The summed E-state index contributed by atoms with van der Waals surface area (Å²) < 4.78 is 5.88. The van der Waals surface area contributed by atoms with Gasteiger partial charge in [0.05, 0.1) is 18.0 Å². The summed E-state index contributed by atoms with van der Waals surface area (Å²) in [6.07, 6.45) is -0.409. The highest BCUT2D eigenvalue weighted by Crippen LogP contribution is 2.19. The second-order valence-electron chi connectivity index (χ2n) is 11.1. The molecule has 0 fully saturated rings. The van der Waals surface area contributed by atoms with E-state index in [0.717, 1.165) is 13.1 Å². The van der Waals surface area contributed by atoms with Gasteiger partial charge in [0.1, 0.15) is 30.0 Å². The molecular weight excluding hydrogens is 528 g/mol. The number of para-hydroxylation sites is 1. The lowest BCUT2D eigenvalue weighted by atomic mass is 9.98. The maximum Gasteiger partial charge on any atom is 0.255 e. The molecule has 0 saturated heterocycles. The number of ether oxygens (including phenoxy) is 1. The third kappa shape index (κ3) is 10.0. The first-order valence-corrected chi connectivity index (χ1v) is 14.2. The van der Waals surface area contributed by atoms with Crippen LogP contribution in [0.4, 0.5) is 0 Å². The molecule has 5 N–H and O–H groups in total. The van der Waals surface area contributed by atoms with Gasteiger partial charge in [0.2, 0.25) is 23.6 Å². The topological polar surface area (TPSA) is 158 Å². The van der Waals surface area contributed by atoms with Gasteiger partial charge >= 0.3 is 0 Å². The van der Waals surface area contributed by atoms with Crippen LogP contribution < -0.4 is 31.3 Å². The minimum atomic E-state index is -1.41. The minimum absolute atomic E-state index is 0.0512. The number of nitrogens with one attached hydrogen (secondary N) is 5. The number of benzene rings is 1. The Labute approximate surface area is 242 Å².